The number of urea groups is 1. The maximum absolute atomic E-state index is 13.8. The van der Waals surface area contributed by atoms with Gasteiger partial charge in [0.25, 0.3) is 0 Å². The zero-order valence-electron chi connectivity index (χ0n) is 32.0. The van der Waals surface area contributed by atoms with Crippen LogP contribution in [0, 0.1) is 5.92 Å². The van der Waals surface area contributed by atoms with Crippen molar-refractivity contribution in [3.8, 4) is 5.75 Å². The summed E-state index contributed by atoms with van der Waals surface area (Å²) in [6.45, 7) is 11.9. The normalized spacial score (nSPS) is 15.9. The van der Waals surface area contributed by atoms with Gasteiger partial charge in [-0.2, -0.15) is 4.90 Å². The number of carbonyl (C=O) groups is 5. The predicted molar refractivity (Wildman–Crippen MR) is 203 cm³/mol. The molecule has 0 bridgehead atoms. The minimum atomic E-state index is -1.06. The van der Waals surface area contributed by atoms with Crippen molar-refractivity contribution in [2.45, 2.75) is 85.0 Å². The summed E-state index contributed by atoms with van der Waals surface area (Å²) in [6, 6.07) is 26.8. The van der Waals surface area contributed by atoms with Gasteiger partial charge in [0.15, 0.2) is 6.23 Å². The van der Waals surface area contributed by atoms with Crippen LogP contribution >= 0.6 is 0 Å². The Morgan fingerprint density at radius 1 is 0.800 bits per heavy atom. The molecule has 5 amide bonds. The zero-order valence-corrected chi connectivity index (χ0v) is 32.0. The molecule has 1 unspecified atom stereocenters. The number of pyridine rings is 1. The van der Waals surface area contributed by atoms with Crippen molar-refractivity contribution in [3.63, 3.8) is 0 Å². The van der Waals surface area contributed by atoms with Gasteiger partial charge in [-0.1, -0.05) is 60.7 Å². The highest BCUT2D eigenvalue weighted by molar-refractivity contribution is 6.08. The SMILES string of the molecule is CC(NC(=O)N1C(=O)[C@H](Cc2ccnc(N(C(=O)OC(C)(C)C)C(=O)OC(C)(C)C)c2)[C@H]1Oc1ccc(C(=O)OCc2ccccc2)cc1)c1ccccc1. The van der Waals surface area contributed by atoms with Gasteiger partial charge in [0.05, 0.1) is 17.5 Å². The Bertz CT molecular complexity index is 1960. The molecular weight excluding hydrogens is 704 g/mol. The maximum Gasteiger partial charge on any atom is 0.425 e. The molecule has 288 valence electrons. The number of carbonyl (C=O) groups excluding carboxylic acids is 5. The number of rotatable bonds is 10. The van der Waals surface area contributed by atoms with E-state index in [0.717, 1.165) is 16.0 Å². The Labute approximate surface area is 320 Å². The number of amides is 5. The smallest absolute Gasteiger partial charge is 0.425 e. The highest BCUT2D eigenvalue weighted by Crippen LogP contribution is 2.34. The van der Waals surface area contributed by atoms with Gasteiger partial charge in [0.2, 0.25) is 5.91 Å². The van der Waals surface area contributed by atoms with Crippen LogP contribution in [0.3, 0.4) is 0 Å². The average molecular weight is 751 g/mol. The topological polar surface area (TPSA) is 154 Å². The van der Waals surface area contributed by atoms with Crippen molar-refractivity contribution >= 4 is 35.9 Å². The largest absolute Gasteiger partial charge is 0.469 e. The van der Waals surface area contributed by atoms with Crippen LogP contribution in [0.2, 0.25) is 0 Å². The second kappa shape index (κ2) is 16.8. The lowest BCUT2D eigenvalue weighted by Gasteiger charge is -2.45. The van der Waals surface area contributed by atoms with E-state index in [9.17, 15) is 24.0 Å². The van der Waals surface area contributed by atoms with Crippen molar-refractivity contribution in [2.24, 2.45) is 5.92 Å². The Hall–Kier alpha value is -6.24. The third-order valence-corrected chi connectivity index (χ3v) is 8.22. The molecule has 1 fully saturated rings. The van der Waals surface area contributed by atoms with Crippen LogP contribution in [0.1, 0.15) is 81.6 Å². The molecule has 0 spiro atoms. The van der Waals surface area contributed by atoms with E-state index in [4.69, 9.17) is 18.9 Å². The number of ether oxygens (including phenoxy) is 4. The van der Waals surface area contributed by atoms with Crippen LogP contribution in [0.5, 0.6) is 5.75 Å². The summed E-state index contributed by atoms with van der Waals surface area (Å²) in [6.07, 6.45) is -1.59. The van der Waals surface area contributed by atoms with E-state index >= 15 is 0 Å². The summed E-state index contributed by atoms with van der Waals surface area (Å²) in [5.41, 5.74) is 0.640. The van der Waals surface area contributed by atoms with Gasteiger partial charge in [0, 0.05) is 6.20 Å². The van der Waals surface area contributed by atoms with Crippen molar-refractivity contribution in [2.75, 3.05) is 4.90 Å². The lowest BCUT2D eigenvalue weighted by Crippen LogP contribution is -2.68. The highest BCUT2D eigenvalue weighted by Gasteiger charge is 2.53. The number of likely N-dealkylation sites (tertiary alicyclic amines) is 1. The quantitative estimate of drug-likeness (QED) is 0.0959. The molecule has 13 nitrogen and oxygen atoms in total. The fourth-order valence-corrected chi connectivity index (χ4v) is 5.60. The zero-order chi connectivity index (χ0) is 39.9. The first-order valence-corrected chi connectivity index (χ1v) is 17.9. The molecule has 1 aliphatic heterocycles. The molecule has 0 aliphatic carbocycles. The first-order chi connectivity index (χ1) is 26.0. The van der Waals surface area contributed by atoms with E-state index in [0.29, 0.717) is 21.8 Å². The van der Waals surface area contributed by atoms with Gasteiger partial charge in [-0.15, -0.1) is 0 Å². The maximum atomic E-state index is 13.8. The molecular formula is C42H46N4O9. The third-order valence-electron chi connectivity index (χ3n) is 8.22. The summed E-state index contributed by atoms with van der Waals surface area (Å²) < 4.78 is 22.7. The molecule has 1 N–H and O–H groups in total. The summed E-state index contributed by atoms with van der Waals surface area (Å²) in [5.74, 6) is -1.67. The van der Waals surface area contributed by atoms with Crippen LogP contribution < -0.4 is 15.0 Å². The van der Waals surface area contributed by atoms with Crippen molar-refractivity contribution in [1.29, 1.82) is 0 Å². The van der Waals surface area contributed by atoms with Gasteiger partial charge in [-0.3, -0.25) is 4.79 Å². The Morgan fingerprint density at radius 2 is 1.38 bits per heavy atom. The number of hydrogen-bond donors (Lipinski definition) is 1. The number of nitrogens with zero attached hydrogens (tertiary/aromatic N) is 3. The van der Waals surface area contributed by atoms with Crippen LogP contribution in [-0.4, -0.2) is 57.4 Å². The molecule has 0 saturated carbocycles. The molecule has 3 aromatic carbocycles. The molecule has 5 rings (SSSR count). The first-order valence-electron chi connectivity index (χ1n) is 17.9. The number of aromatic nitrogens is 1. The molecule has 2 heterocycles. The van der Waals surface area contributed by atoms with Crippen molar-refractivity contribution < 1.29 is 42.9 Å². The van der Waals surface area contributed by atoms with Gasteiger partial charge >= 0.3 is 24.2 Å². The Kier molecular flexibility index (Phi) is 12.2. The summed E-state index contributed by atoms with van der Waals surface area (Å²) in [7, 11) is 0. The van der Waals surface area contributed by atoms with E-state index < -0.39 is 59.5 Å². The van der Waals surface area contributed by atoms with Crippen molar-refractivity contribution in [1.82, 2.24) is 15.2 Å². The van der Waals surface area contributed by atoms with E-state index in [2.05, 4.69) is 10.3 Å². The van der Waals surface area contributed by atoms with E-state index in [1.54, 1.807) is 66.7 Å². The number of benzene rings is 3. The fraction of sp³-hybridized carbons (Fsp3) is 0.333. The minimum Gasteiger partial charge on any atom is -0.469 e. The lowest BCUT2D eigenvalue weighted by atomic mass is 9.89. The summed E-state index contributed by atoms with van der Waals surface area (Å²) in [4.78, 5) is 72.6. The number of nitrogens with one attached hydrogen (secondary N) is 1. The monoisotopic (exact) mass is 750 g/mol. The van der Waals surface area contributed by atoms with Crippen LogP contribution in [0.25, 0.3) is 0 Å². The standard InChI is InChI=1S/C42H46N4O9/c1-27(30-16-12-9-13-17-30)44-38(49)46-35(47)33(36(46)53-32-20-18-31(19-21-32)37(48)52-26-28-14-10-8-11-15-28)24-29-22-23-43-34(25-29)45(39(50)54-41(2,3)4)40(51)55-42(5,6)7/h8-23,25,27,33,36H,24,26H2,1-7H3,(H,44,49)/t27?,33-,36+/m0/s1. The van der Waals surface area contributed by atoms with Gasteiger partial charge in [-0.25, -0.2) is 29.1 Å². The van der Waals surface area contributed by atoms with Crippen LogP contribution in [0.4, 0.5) is 20.2 Å². The summed E-state index contributed by atoms with van der Waals surface area (Å²) in [5, 5.41) is 2.87. The van der Waals surface area contributed by atoms with Gasteiger partial charge in [-0.05, 0) is 108 Å². The highest BCUT2D eigenvalue weighted by atomic mass is 16.6. The Morgan fingerprint density at radius 3 is 1.96 bits per heavy atom. The van der Waals surface area contributed by atoms with Crippen molar-refractivity contribution in [3.05, 3.63) is 126 Å². The molecule has 1 aliphatic rings. The molecule has 0 radical (unpaired) electrons. The molecule has 55 heavy (non-hydrogen) atoms. The number of hydrogen-bond acceptors (Lipinski definition) is 10. The predicted octanol–water partition coefficient (Wildman–Crippen LogP) is 7.99. The second-order valence-corrected chi connectivity index (χ2v) is 15.0. The second-order valence-electron chi connectivity index (χ2n) is 15.0. The van der Waals surface area contributed by atoms with Crippen LogP contribution in [0.15, 0.2) is 103 Å². The average Bonchev–Trinajstić information content (AvgIpc) is 3.12. The number of imide groups is 2. The van der Waals surface area contributed by atoms with E-state index in [1.165, 1.54) is 24.4 Å². The molecule has 1 aromatic heterocycles. The molecule has 13 heteroatoms. The minimum absolute atomic E-state index is 0.0530. The first kappa shape index (κ1) is 40.0. The summed E-state index contributed by atoms with van der Waals surface area (Å²) >= 11 is 0. The molecule has 4 aromatic rings. The molecule has 1 saturated heterocycles. The van der Waals surface area contributed by atoms with Crippen LogP contribution in [-0.2, 0) is 32.0 Å². The number of anilines is 1. The van der Waals surface area contributed by atoms with E-state index in [1.807, 2.05) is 60.7 Å². The fourth-order valence-electron chi connectivity index (χ4n) is 5.60. The van der Waals surface area contributed by atoms with Gasteiger partial charge in [0.1, 0.15) is 29.4 Å². The lowest BCUT2D eigenvalue weighted by molar-refractivity contribution is -0.166. The number of esters is 1. The van der Waals surface area contributed by atoms with Gasteiger partial charge < -0.3 is 24.3 Å². The number of β-lactam (4-membered cyclic amide) rings is 1. The van der Waals surface area contributed by atoms with E-state index in [-0.39, 0.29) is 18.8 Å². The Balaban J connectivity index is 1.38. The molecule has 3 atom stereocenters. The third kappa shape index (κ3) is 10.7.